The van der Waals surface area contributed by atoms with Crippen LogP contribution in [0.2, 0.25) is 0 Å². The molecule has 15 heavy (non-hydrogen) atoms. The maximum Gasteiger partial charge on any atom is 0.575 e. The average molecular weight is 224 g/mol. The quantitative estimate of drug-likeness (QED) is 0.405. The Morgan fingerprint density at radius 2 is 1.93 bits per heavy atom. The molecule has 0 saturated heterocycles. The molecule has 0 unspecified atom stereocenters. The maximum atomic E-state index is 11.6. The van der Waals surface area contributed by atoms with Gasteiger partial charge in [0, 0.05) is 5.57 Å². The number of carbonyl (C=O) groups excluding carboxylic acids is 1. The normalized spacial score (nSPS) is 12.7. The highest BCUT2D eigenvalue weighted by atomic mass is 19.4. The van der Waals surface area contributed by atoms with Gasteiger partial charge in [0.2, 0.25) is 0 Å². The van der Waals surface area contributed by atoms with Crippen molar-refractivity contribution in [1.82, 2.24) is 0 Å². The van der Waals surface area contributed by atoms with Gasteiger partial charge in [-0.15, -0.1) is 13.2 Å². The van der Waals surface area contributed by atoms with Gasteiger partial charge in [-0.3, -0.25) is 0 Å². The standard InChI is InChI=1S/C10H15F3O2/c1-3-4-5-6-7-8(2)9(14)15-10(11,12)13/h7H,3-6H2,1-2H3. The van der Waals surface area contributed by atoms with Crippen LogP contribution in [0, 0.1) is 0 Å². The molecule has 0 heterocycles. The lowest BCUT2D eigenvalue weighted by Crippen LogP contribution is -2.19. The van der Waals surface area contributed by atoms with E-state index in [1.807, 2.05) is 6.92 Å². The molecule has 0 aliphatic heterocycles. The van der Waals surface area contributed by atoms with Crippen molar-refractivity contribution in [2.75, 3.05) is 0 Å². The largest absolute Gasteiger partial charge is 0.575 e. The Kier molecular flexibility index (Phi) is 6.05. The van der Waals surface area contributed by atoms with Crippen LogP contribution >= 0.6 is 0 Å². The van der Waals surface area contributed by atoms with Crippen molar-refractivity contribution in [1.29, 1.82) is 0 Å². The van der Waals surface area contributed by atoms with Crippen LogP contribution in [0.15, 0.2) is 11.6 Å². The van der Waals surface area contributed by atoms with Crippen molar-refractivity contribution < 1.29 is 22.7 Å². The molecule has 0 atom stereocenters. The van der Waals surface area contributed by atoms with E-state index in [1.54, 1.807) is 0 Å². The first kappa shape index (κ1) is 14.0. The minimum absolute atomic E-state index is 0.00317. The van der Waals surface area contributed by atoms with Gasteiger partial charge in [0.15, 0.2) is 0 Å². The first-order valence-electron chi connectivity index (χ1n) is 4.83. The Hall–Kier alpha value is -1.00. The summed E-state index contributed by atoms with van der Waals surface area (Å²) in [5.74, 6) is -1.32. The van der Waals surface area contributed by atoms with E-state index in [1.165, 1.54) is 13.0 Å². The molecule has 0 bridgehead atoms. The van der Waals surface area contributed by atoms with Gasteiger partial charge in [-0.05, 0) is 19.8 Å². The second kappa shape index (κ2) is 6.48. The van der Waals surface area contributed by atoms with Gasteiger partial charge in [0.25, 0.3) is 0 Å². The lowest BCUT2D eigenvalue weighted by molar-refractivity contribution is -0.303. The molecule has 0 radical (unpaired) electrons. The maximum absolute atomic E-state index is 11.6. The molecule has 0 N–H and O–H groups in total. The van der Waals surface area contributed by atoms with E-state index < -0.39 is 12.3 Å². The van der Waals surface area contributed by atoms with Crippen LogP contribution < -0.4 is 0 Å². The fourth-order valence-electron chi connectivity index (χ4n) is 0.982. The Morgan fingerprint density at radius 1 is 1.33 bits per heavy atom. The number of esters is 1. The number of unbranched alkanes of at least 4 members (excludes halogenated alkanes) is 3. The predicted octanol–water partition coefficient (Wildman–Crippen LogP) is 3.58. The molecule has 0 saturated carbocycles. The second-order valence-corrected chi connectivity index (χ2v) is 3.22. The SMILES string of the molecule is CCCCCC=C(C)C(=O)OC(F)(F)F. The summed E-state index contributed by atoms with van der Waals surface area (Å²) in [6.07, 6.45) is 0.0804. The fourth-order valence-corrected chi connectivity index (χ4v) is 0.982. The predicted molar refractivity (Wildman–Crippen MR) is 50.0 cm³/mol. The van der Waals surface area contributed by atoms with Gasteiger partial charge < -0.3 is 4.74 Å². The number of hydrogen-bond donors (Lipinski definition) is 0. The number of halogens is 3. The third-order valence-corrected chi connectivity index (χ3v) is 1.79. The molecule has 88 valence electrons. The monoisotopic (exact) mass is 224 g/mol. The third kappa shape index (κ3) is 8.03. The second-order valence-electron chi connectivity index (χ2n) is 3.22. The van der Waals surface area contributed by atoms with Crippen LogP contribution in [-0.2, 0) is 9.53 Å². The molecular weight excluding hydrogens is 209 g/mol. The van der Waals surface area contributed by atoms with E-state index in [2.05, 4.69) is 4.74 Å². The summed E-state index contributed by atoms with van der Waals surface area (Å²) in [7, 11) is 0. The van der Waals surface area contributed by atoms with Crippen molar-refractivity contribution in [2.45, 2.75) is 45.9 Å². The van der Waals surface area contributed by atoms with E-state index in [9.17, 15) is 18.0 Å². The summed E-state index contributed by atoms with van der Waals surface area (Å²) in [4.78, 5) is 10.8. The molecule has 0 aromatic heterocycles. The molecule has 0 spiro atoms. The molecule has 0 aliphatic rings. The third-order valence-electron chi connectivity index (χ3n) is 1.79. The Labute approximate surface area is 87.1 Å². The summed E-state index contributed by atoms with van der Waals surface area (Å²) < 4.78 is 38.2. The topological polar surface area (TPSA) is 26.3 Å². The molecule has 0 amide bonds. The molecule has 0 fully saturated rings. The highest BCUT2D eigenvalue weighted by Crippen LogP contribution is 2.18. The van der Waals surface area contributed by atoms with Crippen LogP contribution in [-0.4, -0.2) is 12.3 Å². The molecule has 0 aromatic rings. The summed E-state index contributed by atoms with van der Waals surface area (Å²) in [6, 6.07) is 0. The molecule has 0 rings (SSSR count). The number of ether oxygens (including phenoxy) is 1. The number of allylic oxidation sites excluding steroid dienone is 1. The lowest BCUT2D eigenvalue weighted by atomic mass is 10.1. The smallest absolute Gasteiger partial charge is 0.369 e. The van der Waals surface area contributed by atoms with Crippen LogP contribution in [0.4, 0.5) is 13.2 Å². The number of rotatable bonds is 5. The van der Waals surface area contributed by atoms with Crippen LogP contribution in [0.25, 0.3) is 0 Å². The summed E-state index contributed by atoms with van der Waals surface area (Å²) in [5.41, 5.74) is 0.00317. The van der Waals surface area contributed by atoms with E-state index in [0.717, 1.165) is 19.3 Å². The van der Waals surface area contributed by atoms with Crippen molar-refractivity contribution >= 4 is 5.97 Å². The highest BCUT2D eigenvalue weighted by molar-refractivity contribution is 5.87. The van der Waals surface area contributed by atoms with Gasteiger partial charge in [-0.2, -0.15) is 0 Å². The van der Waals surface area contributed by atoms with Gasteiger partial charge in [-0.25, -0.2) is 4.79 Å². The Balaban J connectivity index is 3.97. The zero-order valence-electron chi connectivity index (χ0n) is 8.86. The van der Waals surface area contributed by atoms with E-state index in [4.69, 9.17) is 0 Å². The molecule has 0 aliphatic carbocycles. The van der Waals surface area contributed by atoms with E-state index in [-0.39, 0.29) is 5.57 Å². The molecule has 5 heteroatoms. The minimum atomic E-state index is -4.89. The lowest BCUT2D eigenvalue weighted by Gasteiger charge is -2.06. The summed E-state index contributed by atoms with van der Waals surface area (Å²) >= 11 is 0. The van der Waals surface area contributed by atoms with Gasteiger partial charge in [0.05, 0.1) is 0 Å². The number of hydrogen-bond acceptors (Lipinski definition) is 2. The minimum Gasteiger partial charge on any atom is -0.369 e. The van der Waals surface area contributed by atoms with Crippen molar-refractivity contribution in [3.8, 4) is 0 Å². The molecule has 0 aromatic carbocycles. The first-order valence-corrected chi connectivity index (χ1v) is 4.83. The van der Waals surface area contributed by atoms with Gasteiger partial charge >= 0.3 is 12.3 Å². The first-order chi connectivity index (χ1) is 6.87. The highest BCUT2D eigenvalue weighted by Gasteiger charge is 2.34. The van der Waals surface area contributed by atoms with Crippen molar-refractivity contribution in [3.05, 3.63) is 11.6 Å². The van der Waals surface area contributed by atoms with Gasteiger partial charge in [0.1, 0.15) is 0 Å². The van der Waals surface area contributed by atoms with Crippen LogP contribution in [0.3, 0.4) is 0 Å². The van der Waals surface area contributed by atoms with Crippen molar-refractivity contribution in [2.24, 2.45) is 0 Å². The van der Waals surface area contributed by atoms with Crippen molar-refractivity contribution in [3.63, 3.8) is 0 Å². The zero-order chi connectivity index (χ0) is 11.9. The van der Waals surface area contributed by atoms with E-state index >= 15 is 0 Å². The Morgan fingerprint density at radius 3 is 2.40 bits per heavy atom. The van der Waals surface area contributed by atoms with Gasteiger partial charge in [-0.1, -0.05) is 25.8 Å². The Bertz CT molecular complexity index is 231. The summed E-state index contributed by atoms with van der Waals surface area (Å²) in [6.45, 7) is 3.34. The number of alkyl halides is 3. The fraction of sp³-hybridized carbons (Fsp3) is 0.700. The van der Waals surface area contributed by atoms with E-state index in [0.29, 0.717) is 6.42 Å². The molecular formula is C10H15F3O2. The van der Waals surface area contributed by atoms with Crippen LogP contribution in [0.1, 0.15) is 39.5 Å². The zero-order valence-corrected chi connectivity index (χ0v) is 8.86. The van der Waals surface area contributed by atoms with Crippen LogP contribution in [0.5, 0.6) is 0 Å². The molecule has 2 nitrogen and oxygen atoms in total. The number of carbonyl (C=O) groups is 1. The average Bonchev–Trinajstić information content (AvgIpc) is 2.09. The summed E-state index contributed by atoms with van der Waals surface area (Å²) in [5, 5.41) is 0.